The summed E-state index contributed by atoms with van der Waals surface area (Å²) in [6.07, 6.45) is 6.65. The second-order valence-corrected chi connectivity index (χ2v) is 9.13. The van der Waals surface area contributed by atoms with Crippen molar-refractivity contribution < 1.29 is 18.0 Å². The highest BCUT2D eigenvalue weighted by Crippen LogP contribution is 2.45. The first-order valence-corrected chi connectivity index (χ1v) is 11.3. The van der Waals surface area contributed by atoms with Crippen LogP contribution < -0.4 is 0 Å². The van der Waals surface area contributed by atoms with Crippen molar-refractivity contribution in [3.8, 4) is 11.3 Å². The van der Waals surface area contributed by atoms with E-state index < -0.39 is 17.5 Å². The van der Waals surface area contributed by atoms with Crippen molar-refractivity contribution in [2.45, 2.75) is 44.7 Å². The van der Waals surface area contributed by atoms with Crippen LogP contribution in [0.3, 0.4) is 0 Å². The van der Waals surface area contributed by atoms with Crippen molar-refractivity contribution in [1.82, 2.24) is 24.1 Å². The summed E-state index contributed by atoms with van der Waals surface area (Å²) in [5.41, 5.74) is 3.91. The van der Waals surface area contributed by atoms with Crippen LogP contribution >= 0.6 is 0 Å². The van der Waals surface area contributed by atoms with Gasteiger partial charge in [-0.25, -0.2) is 18.2 Å². The highest BCUT2D eigenvalue weighted by molar-refractivity contribution is 5.95. The van der Waals surface area contributed by atoms with Crippen molar-refractivity contribution in [2.24, 2.45) is 7.05 Å². The topological polar surface area (TPSA) is 55.4 Å². The van der Waals surface area contributed by atoms with Gasteiger partial charge in [0.15, 0.2) is 17.5 Å². The monoisotopic (exact) mass is 465 g/mol. The number of benzene rings is 1. The third-order valence-electron chi connectivity index (χ3n) is 7.13. The summed E-state index contributed by atoms with van der Waals surface area (Å²) in [5, 5.41) is 4.68. The van der Waals surface area contributed by atoms with Crippen molar-refractivity contribution in [2.75, 3.05) is 0 Å². The van der Waals surface area contributed by atoms with E-state index in [0.29, 0.717) is 17.7 Å². The molecule has 2 atom stereocenters. The highest BCUT2D eigenvalue weighted by Gasteiger charge is 2.43. The molecule has 1 amide bonds. The SMILES string of the molecule is Cc1ncc2ccc(C(=O)N3[C@H]4CCC[C@@H]3c3nn(C)c(-c5cc(F)c(F)c(F)c5)c3C4)cn12. The number of aryl methyl sites for hydroxylation is 2. The van der Waals surface area contributed by atoms with Gasteiger partial charge in [-0.05, 0) is 56.9 Å². The fourth-order valence-corrected chi connectivity index (χ4v) is 5.60. The van der Waals surface area contributed by atoms with Gasteiger partial charge in [0.1, 0.15) is 5.82 Å². The first-order chi connectivity index (χ1) is 16.3. The predicted octanol–water partition coefficient (Wildman–Crippen LogP) is 4.75. The van der Waals surface area contributed by atoms with Crippen molar-refractivity contribution in [3.63, 3.8) is 0 Å². The Kier molecular flexibility index (Phi) is 4.59. The molecule has 0 spiro atoms. The number of fused-ring (bicyclic) bond motifs is 5. The molecule has 0 N–H and O–H groups in total. The molecule has 1 saturated heterocycles. The number of aromatic nitrogens is 4. The minimum Gasteiger partial charge on any atom is -0.327 e. The van der Waals surface area contributed by atoms with Gasteiger partial charge in [0.25, 0.3) is 5.91 Å². The molecule has 0 saturated carbocycles. The summed E-state index contributed by atoms with van der Waals surface area (Å²) in [4.78, 5) is 19.9. The number of carbonyl (C=O) groups excluding carboxylic acids is 1. The molecule has 4 aromatic rings. The number of imidazole rings is 1. The van der Waals surface area contributed by atoms with Crippen molar-refractivity contribution in [1.29, 1.82) is 0 Å². The Hall–Kier alpha value is -3.62. The van der Waals surface area contributed by atoms with Crippen molar-refractivity contribution >= 4 is 11.4 Å². The van der Waals surface area contributed by atoms with Crippen molar-refractivity contribution in [3.05, 3.63) is 76.8 Å². The third kappa shape index (κ3) is 2.99. The third-order valence-corrected chi connectivity index (χ3v) is 7.13. The number of carbonyl (C=O) groups is 1. The van der Waals surface area contributed by atoms with E-state index in [0.717, 1.165) is 54.0 Å². The normalized spacial score (nSPS) is 19.5. The molecule has 6 rings (SSSR count). The second kappa shape index (κ2) is 7.44. The molecule has 1 aromatic carbocycles. The molecule has 9 heteroatoms. The largest absolute Gasteiger partial charge is 0.327 e. The average molecular weight is 465 g/mol. The van der Waals surface area contributed by atoms with Gasteiger partial charge in [0.05, 0.1) is 34.7 Å². The molecular formula is C25H22F3N5O. The zero-order chi connectivity index (χ0) is 23.7. The van der Waals surface area contributed by atoms with Crippen LogP contribution in [0.5, 0.6) is 0 Å². The molecule has 2 aliphatic heterocycles. The van der Waals surface area contributed by atoms with Crippen LogP contribution in [0.1, 0.15) is 52.7 Å². The Labute approximate surface area is 193 Å². The van der Waals surface area contributed by atoms with Crippen LogP contribution in [0.15, 0.2) is 36.7 Å². The zero-order valence-electron chi connectivity index (χ0n) is 18.7. The van der Waals surface area contributed by atoms with Gasteiger partial charge in [-0.15, -0.1) is 0 Å². The minimum atomic E-state index is -1.49. The molecule has 0 aliphatic carbocycles. The van der Waals surface area contributed by atoms with Crippen LogP contribution in [-0.4, -0.2) is 36.0 Å². The molecule has 2 bridgehead atoms. The number of halogens is 3. The fourth-order valence-electron chi connectivity index (χ4n) is 5.60. The standard InChI is InChI=1S/C25H22F3N5O/c1-13-29-11-17-7-6-14(12-32(13)17)25(34)33-16-4-3-5-21(33)23-18(10-16)24(31(2)30-23)15-8-19(26)22(28)20(27)9-15/h6-9,11-12,16,21H,3-5,10H2,1-2H3/t16-,21+/m0/s1. The Morgan fingerprint density at radius 3 is 2.65 bits per heavy atom. The maximum atomic E-state index is 14.0. The molecule has 34 heavy (non-hydrogen) atoms. The smallest absolute Gasteiger partial charge is 0.256 e. The van der Waals surface area contributed by atoms with Crippen LogP contribution in [0.25, 0.3) is 16.8 Å². The van der Waals surface area contributed by atoms with E-state index >= 15 is 0 Å². The van der Waals surface area contributed by atoms with E-state index in [1.54, 1.807) is 17.9 Å². The summed E-state index contributed by atoms with van der Waals surface area (Å²) in [6.45, 7) is 1.89. The number of piperidine rings is 1. The maximum absolute atomic E-state index is 14.0. The lowest BCUT2D eigenvalue weighted by atomic mass is 9.81. The van der Waals surface area contributed by atoms with Crippen LogP contribution in [0.4, 0.5) is 13.2 Å². The van der Waals surface area contributed by atoms with Crippen LogP contribution in [0, 0.1) is 24.4 Å². The van der Waals surface area contributed by atoms with E-state index in [2.05, 4.69) is 10.1 Å². The van der Waals surface area contributed by atoms with Gasteiger partial charge in [-0.3, -0.25) is 9.48 Å². The second-order valence-electron chi connectivity index (χ2n) is 9.13. The molecule has 174 valence electrons. The van der Waals surface area contributed by atoms with Gasteiger partial charge in [0.2, 0.25) is 0 Å². The highest BCUT2D eigenvalue weighted by atomic mass is 19.2. The van der Waals surface area contributed by atoms with E-state index in [-0.39, 0.29) is 23.6 Å². The summed E-state index contributed by atoms with van der Waals surface area (Å²) < 4.78 is 45.0. The van der Waals surface area contributed by atoms with Gasteiger partial charge in [-0.2, -0.15) is 5.10 Å². The number of amides is 1. The number of hydrogen-bond acceptors (Lipinski definition) is 3. The van der Waals surface area contributed by atoms with E-state index in [1.807, 2.05) is 34.6 Å². The Bertz CT molecular complexity index is 1450. The first kappa shape index (κ1) is 20.9. The summed E-state index contributed by atoms with van der Waals surface area (Å²) in [5.74, 6) is -3.22. The quantitative estimate of drug-likeness (QED) is 0.402. The minimum absolute atomic E-state index is 0.0589. The molecule has 6 nitrogen and oxygen atoms in total. The van der Waals surface area contributed by atoms with Gasteiger partial charge in [0, 0.05) is 30.4 Å². The lowest BCUT2D eigenvalue weighted by molar-refractivity contribution is 0.0391. The molecular weight excluding hydrogens is 443 g/mol. The number of hydrogen-bond donors (Lipinski definition) is 0. The molecule has 1 fully saturated rings. The number of pyridine rings is 1. The maximum Gasteiger partial charge on any atom is 0.256 e. The van der Waals surface area contributed by atoms with Gasteiger partial charge < -0.3 is 9.30 Å². The fraction of sp³-hybridized carbons (Fsp3) is 0.320. The molecule has 0 radical (unpaired) electrons. The summed E-state index contributed by atoms with van der Waals surface area (Å²) in [7, 11) is 1.71. The average Bonchev–Trinajstić information content (AvgIpc) is 3.35. The molecule has 2 aliphatic rings. The summed E-state index contributed by atoms with van der Waals surface area (Å²) in [6, 6.07) is 5.42. The number of nitrogens with zero attached hydrogens (tertiary/aromatic N) is 5. The molecule has 3 aromatic heterocycles. The molecule has 0 unspecified atom stereocenters. The lowest BCUT2D eigenvalue weighted by Gasteiger charge is -2.45. The van der Waals surface area contributed by atoms with E-state index in [1.165, 1.54) is 0 Å². The van der Waals surface area contributed by atoms with E-state index in [9.17, 15) is 18.0 Å². The lowest BCUT2D eigenvalue weighted by Crippen LogP contribution is -2.49. The predicted molar refractivity (Wildman–Crippen MR) is 119 cm³/mol. The van der Waals surface area contributed by atoms with Crippen LogP contribution in [0.2, 0.25) is 0 Å². The summed E-state index contributed by atoms with van der Waals surface area (Å²) >= 11 is 0. The van der Waals surface area contributed by atoms with Gasteiger partial charge >= 0.3 is 0 Å². The Balaban J connectivity index is 1.43. The molecule has 5 heterocycles. The van der Waals surface area contributed by atoms with E-state index in [4.69, 9.17) is 0 Å². The Morgan fingerprint density at radius 2 is 1.88 bits per heavy atom. The zero-order valence-corrected chi connectivity index (χ0v) is 18.7. The number of rotatable bonds is 2. The Morgan fingerprint density at radius 1 is 1.12 bits per heavy atom. The first-order valence-electron chi connectivity index (χ1n) is 11.3. The van der Waals surface area contributed by atoms with Crippen LogP contribution in [-0.2, 0) is 13.5 Å². The van der Waals surface area contributed by atoms with Gasteiger partial charge in [-0.1, -0.05) is 0 Å².